The summed E-state index contributed by atoms with van der Waals surface area (Å²) in [6.07, 6.45) is -1.78. The molecule has 0 bridgehead atoms. The van der Waals surface area contributed by atoms with Crippen LogP contribution in [0.15, 0.2) is 48.8 Å². The molecule has 0 saturated carbocycles. The average Bonchev–Trinajstić information content (AvgIpc) is 2.97. The Bertz CT molecular complexity index is 1730. The van der Waals surface area contributed by atoms with Gasteiger partial charge in [-0.15, -0.1) is 0 Å². The van der Waals surface area contributed by atoms with E-state index in [1.54, 1.807) is 36.7 Å². The van der Waals surface area contributed by atoms with Crippen molar-refractivity contribution in [1.29, 1.82) is 0 Å². The van der Waals surface area contributed by atoms with E-state index in [-0.39, 0.29) is 19.6 Å². The van der Waals surface area contributed by atoms with Crippen LogP contribution in [0.3, 0.4) is 0 Å². The first kappa shape index (κ1) is 30.7. The number of carbonyl (C=O) groups excluding carboxylic acids is 1. The second-order valence-electron chi connectivity index (χ2n) is 10.3. The predicted molar refractivity (Wildman–Crippen MR) is 149 cm³/mol. The monoisotopic (exact) mass is 615 g/mol. The number of morpholine rings is 1. The number of carbonyl (C=O) groups is 2. The van der Waals surface area contributed by atoms with Crippen molar-refractivity contribution in [2.75, 3.05) is 24.7 Å². The molecule has 9 nitrogen and oxygen atoms in total. The maximum absolute atomic E-state index is 15.1. The van der Waals surface area contributed by atoms with Gasteiger partial charge in [-0.2, -0.15) is 13.2 Å². The third-order valence-electron chi connectivity index (χ3n) is 7.45. The van der Waals surface area contributed by atoms with Gasteiger partial charge < -0.3 is 20.1 Å². The maximum atomic E-state index is 15.1. The zero-order valence-corrected chi connectivity index (χ0v) is 23.5. The number of rotatable bonds is 7. The molecule has 2 unspecified atom stereocenters. The number of aryl methyl sites for hydroxylation is 2. The number of halogens is 5. The quantitative estimate of drug-likeness (QED) is 0.286. The highest BCUT2D eigenvalue weighted by Crippen LogP contribution is 2.33. The molecule has 1 aliphatic heterocycles. The SMILES string of the molecule is Cc1cnc(-c2ccc(CC(NC(=O)c3c(F)cc(N4CCOCC4C(F)(F)F)cc3F)C(=O)O)c3cccnc23)nc1C. The minimum atomic E-state index is -4.73. The number of fused-ring (bicyclic) bond motifs is 1. The van der Waals surface area contributed by atoms with Crippen LogP contribution in [0.2, 0.25) is 0 Å². The van der Waals surface area contributed by atoms with Gasteiger partial charge in [0.05, 0.1) is 18.7 Å². The molecule has 4 aromatic rings. The van der Waals surface area contributed by atoms with E-state index in [9.17, 15) is 27.9 Å². The lowest BCUT2D eigenvalue weighted by Crippen LogP contribution is -2.53. The number of pyridine rings is 1. The lowest BCUT2D eigenvalue weighted by atomic mass is 9.97. The fraction of sp³-hybridized carbons (Fsp3) is 0.300. The molecule has 2 aromatic heterocycles. The van der Waals surface area contributed by atoms with Gasteiger partial charge in [0.2, 0.25) is 0 Å². The van der Waals surface area contributed by atoms with Gasteiger partial charge in [-0.1, -0.05) is 12.1 Å². The molecule has 0 spiro atoms. The molecular weight excluding hydrogens is 589 g/mol. The molecule has 3 heterocycles. The van der Waals surface area contributed by atoms with Crippen LogP contribution in [0, 0.1) is 25.5 Å². The Balaban J connectivity index is 1.42. The van der Waals surface area contributed by atoms with E-state index in [1.807, 2.05) is 13.8 Å². The van der Waals surface area contributed by atoms with Gasteiger partial charge in [0.15, 0.2) is 5.82 Å². The lowest BCUT2D eigenvalue weighted by molar-refractivity contribution is -0.167. The number of nitrogens with zero attached hydrogens (tertiary/aromatic N) is 4. The van der Waals surface area contributed by atoms with Gasteiger partial charge in [0.1, 0.15) is 29.3 Å². The normalized spacial score (nSPS) is 16.2. The Hall–Kier alpha value is -4.72. The number of hydrogen-bond donors (Lipinski definition) is 2. The fourth-order valence-electron chi connectivity index (χ4n) is 5.02. The third kappa shape index (κ3) is 6.16. The van der Waals surface area contributed by atoms with E-state index in [0.717, 1.165) is 16.2 Å². The summed E-state index contributed by atoms with van der Waals surface area (Å²) in [4.78, 5) is 39.2. The largest absolute Gasteiger partial charge is 0.480 e. The van der Waals surface area contributed by atoms with E-state index in [1.165, 1.54) is 0 Å². The van der Waals surface area contributed by atoms with Crippen molar-refractivity contribution in [2.45, 2.75) is 38.5 Å². The number of carboxylic acids is 1. The second kappa shape index (κ2) is 12.1. The van der Waals surface area contributed by atoms with Crippen molar-refractivity contribution >= 4 is 28.5 Å². The van der Waals surface area contributed by atoms with Gasteiger partial charge in [-0.3, -0.25) is 9.78 Å². The number of ether oxygens (including phenoxy) is 1. The molecule has 2 N–H and O–H groups in total. The molecule has 230 valence electrons. The Labute approximate surface area is 247 Å². The summed E-state index contributed by atoms with van der Waals surface area (Å²) in [5.74, 6) is -5.33. The standard InChI is InChI=1S/C30H26F5N5O4/c1-15-13-37-27(38-16(15)2)20-6-5-17(19-4-3-7-36-26(19)20)10-23(29(42)43)39-28(41)25-21(31)11-18(12-22(25)32)40-8-9-44-14-24(40)30(33,34)35/h3-7,11-13,23-24H,8-10,14H2,1-2H3,(H,39,41)(H,42,43). The van der Waals surface area contributed by atoms with Crippen LogP contribution in [-0.2, 0) is 16.0 Å². The third-order valence-corrected chi connectivity index (χ3v) is 7.45. The predicted octanol–water partition coefficient (Wildman–Crippen LogP) is 4.78. The summed E-state index contributed by atoms with van der Waals surface area (Å²) in [6, 6.07) is 4.14. The molecule has 1 saturated heterocycles. The minimum absolute atomic E-state index is 0.0960. The van der Waals surface area contributed by atoms with Gasteiger partial charge in [0.25, 0.3) is 5.91 Å². The highest BCUT2D eigenvalue weighted by atomic mass is 19.4. The minimum Gasteiger partial charge on any atom is -0.480 e. The summed E-state index contributed by atoms with van der Waals surface area (Å²) in [6.45, 7) is 2.61. The Morgan fingerprint density at radius 1 is 1.14 bits per heavy atom. The van der Waals surface area contributed by atoms with Crippen molar-refractivity contribution in [3.63, 3.8) is 0 Å². The summed E-state index contributed by atoms with van der Waals surface area (Å²) in [5, 5.41) is 12.6. The zero-order valence-electron chi connectivity index (χ0n) is 23.5. The van der Waals surface area contributed by atoms with Crippen LogP contribution in [0.25, 0.3) is 22.3 Å². The maximum Gasteiger partial charge on any atom is 0.411 e. The van der Waals surface area contributed by atoms with Crippen molar-refractivity contribution < 1.29 is 41.4 Å². The molecule has 5 rings (SSSR count). The molecule has 1 aliphatic rings. The molecule has 0 radical (unpaired) electrons. The summed E-state index contributed by atoms with van der Waals surface area (Å²) < 4.78 is 75.5. The van der Waals surface area contributed by atoms with E-state index >= 15 is 8.78 Å². The van der Waals surface area contributed by atoms with Crippen LogP contribution in [-0.4, -0.2) is 70.0 Å². The Morgan fingerprint density at radius 3 is 2.52 bits per heavy atom. The van der Waals surface area contributed by atoms with Gasteiger partial charge in [-0.25, -0.2) is 23.5 Å². The van der Waals surface area contributed by atoms with E-state index in [0.29, 0.717) is 40.0 Å². The average molecular weight is 616 g/mol. The smallest absolute Gasteiger partial charge is 0.411 e. The molecule has 2 atom stereocenters. The Morgan fingerprint density at radius 2 is 1.86 bits per heavy atom. The highest BCUT2D eigenvalue weighted by molar-refractivity contribution is 5.98. The highest BCUT2D eigenvalue weighted by Gasteiger charge is 2.46. The molecule has 14 heteroatoms. The Kier molecular flexibility index (Phi) is 8.46. The van der Waals surface area contributed by atoms with E-state index < -0.39 is 59.6 Å². The van der Waals surface area contributed by atoms with E-state index in [4.69, 9.17) is 4.74 Å². The first-order chi connectivity index (χ1) is 20.8. The first-order valence-electron chi connectivity index (χ1n) is 13.5. The number of carboxylic acid groups (broad SMARTS) is 1. The first-order valence-corrected chi connectivity index (χ1v) is 13.5. The molecular formula is C30H26F5N5O4. The van der Waals surface area contributed by atoms with Crippen molar-refractivity contribution in [3.8, 4) is 11.4 Å². The molecule has 0 aliphatic carbocycles. The number of aliphatic carboxylic acids is 1. The second-order valence-corrected chi connectivity index (χ2v) is 10.3. The molecule has 1 fully saturated rings. The van der Waals surface area contributed by atoms with Gasteiger partial charge >= 0.3 is 12.1 Å². The number of alkyl halides is 3. The summed E-state index contributed by atoms with van der Waals surface area (Å²) in [7, 11) is 0. The zero-order chi connectivity index (χ0) is 31.8. The molecule has 2 aromatic carbocycles. The fourth-order valence-corrected chi connectivity index (χ4v) is 5.02. The van der Waals surface area contributed by atoms with Crippen LogP contribution in [0.5, 0.6) is 0 Å². The topological polar surface area (TPSA) is 118 Å². The summed E-state index contributed by atoms with van der Waals surface area (Å²) >= 11 is 0. The number of anilines is 1. The van der Waals surface area contributed by atoms with Crippen molar-refractivity contribution in [2.24, 2.45) is 0 Å². The molecule has 1 amide bonds. The van der Waals surface area contributed by atoms with Crippen LogP contribution < -0.4 is 10.2 Å². The number of hydrogen-bond acceptors (Lipinski definition) is 7. The lowest BCUT2D eigenvalue weighted by Gasteiger charge is -2.38. The number of amides is 1. The number of aromatic nitrogens is 3. The van der Waals surface area contributed by atoms with Crippen LogP contribution >= 0.6 is 0 Å². The number of benzene rings is 2. The van der Waals surface area contributed by atoms with Crippen LogP contribution in [0.1, 0.15) is 27.2 Å². The van der Waals surface area contributed by atoms with Gasteiger partial charge in [0, 0.05) is 47.7 Å². The number of nitrogens with one attached hydrogen (secondary N) is 1. The van der Waals surface area contributed by atoms with Crippen molar-refractivity contribution in [1.82, 2.24) is 20.3 Å². The summed E-state index contributed by atoms with van der Waals surface area (Å²) in [5.41, 5.74) is 1.67. The van der Waals surface area contributed by atoms with Crippen molar-refractivity contribution in [3.05, 3.63) is 82.8 Å². The van der Waals surface area contributed by atoms with E-state index in [2.05, 4.69) is 20.3 Å². The molecule has 44 heavy (non-hydrogen) atoms. The van der Waals surface area contributed by atoms with Gasteiger partial charge in [-0.05, 0) is 49.2 Å². The van der Waals surface area contributed by atoms with Crippen LogP contribution in [0.4, 0.5) is 27.6 Å².